The van der Waals surface area contributed by atoms with E-state index in [1.807, 2.05) is 43.2 Å². The van der Waals surface area contributed by atoms with Gasteiger partial charge in [0.25, 0.3) is 0 Å². The fourth-order valence-corrected chi connectivity index (χ4v) is 3.44. The lowest BCUT2D eigenvalue weighted by Gasteiger charge is -2.34. The molecule has 0 saturated carbocycles. The van der Waals surface area contributed by atoms with Gasteiger partial charge < -0.3 is 9.09 Å². The Morgan fingerprint density at radius 2 is 2.12 bits per heavy atom. The Kier molecular flexibility index (Phi) is 3.72. The van der Waals surface area contributed by atoms with E-state index in [0.29, 0.717) is 0 Å². The van der Waals surface area contributed by atoms with Crippen molar-refractivity contribution in [2.75, 3.05) is 6.54 Å². The van der Waals surface area contributed by atoms with E-state index in [1.165, 1.54) is 11.3 Å². The van der Waals surface area contributed by atoms with Crippen LogP contribution < -0.4 is 0 Å². The average Bonchev–Trinajstić information content (AvgIpc) is 3.28. The Bertz CT molecular complexity index is 812. The van der Waals surface area contributed by atoms with Gasteiger partial charge in [0.15, 0.2) is 0 Å². The van der Waals surface area contributed by atoms with Gasteiger partial charge in [-0.05, 0) is 26.8 Å². The van der Waals surface area contributed by atoms with Gasteiger partial charge >= 0.3 is 0 Å². The van der Waals surface area contributed by atoms with Gasteiger partial charge in [0, 0.05) is 37.6 Å². The van der Waals surface area contributed by atoms with Gasteiger partial charge in [-0.2, -0.15) is 5.10 Å². The van der Waals surface area contributed by atoms with Crippen LogP contribution in [0.5, 0.6) is 0 Å². The molecule has 0 aliphatic carbocycles. The Labute approximate surface area is 140 Å². The van der Waals surface area contributed by atoms with E-state index in [0.717, 1.165) is 43.5 Å². The molecule has 0 spiro atoms. The maximum atomic E-state index is 5.30. The minimum Gasteiger partial charge on any atom is -0.361 e. The first-order chi connectivity index (χ1) is 11.6. The molecular formula is C17H22N6O. The highest BCUT2D eigenvalue weighted by Gasteiger charge is 2.28. The highest BCUT2D eigenvalue weighted by Crippen LogP contribution is 2.28. The molecule has 0 radical (unpaired) electrons. The van der Waals surface area contributed by atoms with Crippen LogP contribution in [-0.4, -0.2) is 35.9 Å². The van der Waals surface area contributed by atoms with E-state index in [9.17, 15) is 0 Å². The second kappa shape index (κ2) is 5.90. The molecule has 1 atom stereocenters. The van der Waals surface area contributed by atoms with Gasteiger partial charge in [-0.25, -0.2) is 4.98 Å². The Morgan fingerprint density at radius 1 is 1.25 bits per heavy atom. The maximum Gasteiger partial charge on any atom is 0.138 e. The molecule has 0 N–H and O–H groups in total. The molecule has 1 aliphatic rings. The van der Waals surface area contributed by atoms with Crippen molar-refractivity contribution in [3.8, 4) is 0 Å². The van der Waals surface area contributed by atoms with Crippen molar-refractivity contribution >= 4 is 0 Å². The molecule has 0 amide bonds. The minimum atomic E-state index is 0.263. The molecule has 3 aromatic rings. The predicted molar refractivity (Wildman–Crippen MR) is 88.4 cm³/mol. The average molecular weight is 326 g/mol. The summed E-state index contributed by atoms with van der Waals surface area (Å²) in [5.41, 5.74) is 3.38. The molecule has 7 nitrogen and oxygen atoms in total. The zero-order valence-corrected chi connectivity index (χ0v) is 14.3. The van der Waals surface area contributed by atoms with E-state index in [2.05, 4.69) is 31.6 Å². The normalized spacial score (nSPS) is 18.0. The van der Waals surface area contributed by atoms with Gasteiger partial charge in [-0.3, -0.25) is 9.58 Å². The predicted octanol–water partition coefficient (Wildman–Crippen LogP) is 2.31. The van der Waals surface area contributed by atoms with E-state index >= 15 is 0 Å². The third-order valence-electron chi connectivity index (χ3n) is 4.93. The summed E-state index contributed by atoms with van der Waals surface area (Å²) in [4.78, 5) is 7.12. The van der Waals surface area contributed by atoms with Crippen molar-refractivity contribution in [1.82, 2.24) is 29.4 Å². The van der Waals surface area contributed by atoms with Gasteiger partial charge in [-0.1, -0.05) is 5.16 Å². The second-order valence-corrected chi connectivity index (χ2v) is 6.41. The smallest absolute Gasteiger partial charge is 0.138 e. The highest BCUT2D eigenvalue weighted by molar-refractivity contribution is 5.21. The number of nitrogens with zero attached hydrogens (tertiary/aromatic N) is 6. The molecule has 0 bridgehead atoms. The van der Waals surface area contributed by atoms with Gasteiger partial charge in [-0.15, -0.1) is 0 Å². The fourth-order valence-electron chi connectivity index (χ4n) is 3.44. The van der Waals surface area contributed by atoms with Crippen molar-refractivity contribution in [1.29, 1.82) is 0 Å². The first-order valence-electron chi connectivity index (χ1n) is 8.31. The Morgan fingerprint density at radius 3 is 2.83 bits per heavy atom. The number of aryl methyl sites for hydroxylation is 2. The van der Waals surface area contributed by atoms with Crippen LogP contribution >= 0.6 is 0 Å². The summed E-state index contributed by atoms with van der Waals surface area (Å²) in [7, 11) is 0. The van der Waals surface area contributed by atoms with E-state index in [1.54, 1.807) is 0 Å². The van der Waals surface area contributed by atoms with Crippen LogP contribution in [0, 0.1) is 13.8 Å². The number of aromatic nitrogens is 5. The number of hydrogen-bond donors (Lipinski definition) is 0. The maximum absolute atomic E-state index is 5.30. The van der Waals surface area contributed by atoms with Crippen molar-refractivity contribution < 1.29 is 4.52 Å². The molecule has 3 aromatic heterocycles. The quantitative estimate of drug-likeness (QED) is 0.736. The summed E-state index contributed by atoms with van der Waals surface area (Å²) in [5, 5.41) is 8.36. The largest absolute Gasteiger partial charge is 0.361 e. The summed E-state index contributed by atoms with van der Waals surface area (Å²) < 4.78 is 9.56. The molecular weight excluding hydrogens is 304 g/mol. The molecule has 126 valence electrons. The summed E-state index contributed by atoms with van der Waals surface area (Å²) in [6.07, 6.45) is 5.77. The van der Waals surface area contributed by atoms with Crippen LogP contribution in [0.15, 0.2) is 29.2 Å². The second-order valence-electron chi connectivity index (χ2n) is 6.41. The van der Waals surface area contributed by atoms with Crippen molar-refractivity contribution in [3.63, 3.8) is 0 Å². The number of hydrogen-bond acceptors (Lipinski definition) is 5. The highest BCUT2D eigenvalue weighted by atomic mass is 16.5. The standard InChI is InChI=1S/C17H22N6O/c1-12-16(14(3)24-20-12)11-21-7-8-23-15(9-18-17(23)13(21)2)10-22-6-4-5-19-22/h4-6,9,13H,7-8,10-11H2,1-3H3. The molecule has 0 fully saturated rings. The monoisotopic (exact) mass is 326 g/mol. The third kappa shape index (κ3) is 2.54. The van der Waals surface area contributed by atoms with Crippen LogP contribution in [0.25, 0.3) is 0 Å². The van der Waals surface area contributed by atoms with Gasteiger partial charge in [0.2, 0.25) is 0 Å². The van der Waals surface area contributed by atoms with Crippen molar-refractivity contribution in [2.45, 2.75) is 46.4 Å². The molecule has 0 aromatic carbocycles. The first kappa shape index (κ1) is 15.1. The minimum absolute atomic E-state index is 0.263. The molecule has 24 heavy (non-hydrogen) atoms. The zero-order valence-electron chi connectivity index (χ0n) is 14.3. The fraction of sp³-hybridized carbons (Fsp3) is 0.471. The van der Waals surface area contributed by atoms with Gasteiger partial charge in [0.1, 0.15) is 11.6 Å². The van der Waals surface area contributed by atoms with Crippen LogP contribution in [0.1, 0.15) is 41.5 Å². The molecule has 1 unspecified atom stereocenters. The SMILES string of the molecule is Cc1noc(C)c1CN1CCn2c(Cn3cccn3)cnc2C1C. The summed E-state index contributed by atoms with van der Waals surface area (Å²) in [6, 6.07) is 2.21. The first-order valence-corrected chi connectivity index (χ1v) is 8.31. The Balaban J connectivity index is 1.55. The lowest BCUT2D eigenvalue weighted by atomic mass is 10.1. The summed E-state index contributed by atoms with van der Waals surface area (Å²) >= 11 is 0. The lowest BCUT2D eigenvalue weighted by Crippen LogP contribution is -2.37. The molecule has 4 heterocycles. The van der Waals surface area contributed by atoms with Crippen molar-refractivity contribution in [2.24, 2.45) is 0 Å². The Hall–Kier alpha value is -2.41. The van der Waals surface area contributed by atoms with Crippen LogP contribution in [-0.2, 0) is 19.6 Å². The van der Waals surface area contributed by atoms with E-state index in [4.69, 9.17) is 4.52 Å². The number of rotatable bonds is 4. The van der Waals surface area contributed by atoms with E-state index < -0.39 is 0 Å². The van der Waals surface area contributed by atoms with Gasteiger partial charge in [0.05, 0.1) is 30.2 Å². The van der Waals surface area contributed by atoms with Crippen molar-refractivity contribution in [3.05, 3.63) is 53.2 Å². The van der Waals surface area contributed by atoms with Crippen LogP contribution in [0.3, 0.4) is 0 Å². The molecule has 1 aliphatic heterocycles. The lowest BCUT2D eigenvalue weighted by molar-refractivity contribution is 0.154. The van der Waals surface area contributed by atoms with Crippen LogP contribution in [0.4, 0.5) is 0 Å². The topological polar surface area (TPSA) is 64.9 Å². The van der Waals surface area contributed by atoms with E-state index in [-0.39, 0.29) is 6.04 Å². The summed E-state index contributed by atoms with van der Waals surface area (Å²) in [5.74, 6) is 2.03. The third-order valence-corrected chi connectivity index (χ3v) is 4.93. The number of imidazole rings is 1. The molecule has 4 rings (SSSR count). The molecule has 7 heteroatoms. The summed E-state index contributed by atoms with van der Waals surface area (Å²) in [6.45, 7) is 9.74. The van der Waals surface area contributed by atoms with Crippen LogP contribution in [0.2, 0.25) is 0 Å². The molecule has 0 saturated heterocycles. The zero-order chi connectivity index (χ0) is 16.7. The number of fused-ring (bicyclic) bond motifs is 1.